The van der Waals surface area contributed by atoms with Gasteiger partial charge in [-0.3, -0.25) is 0 Å². The molecule has 0 amide bonds. The summed E-state index contributed by atoms with van der Waals surface area (Å²) in [5.41, 5.74) is 1.84. The Balaban J connectivity index is 2.13. The average molecular weight is 228 g/mol. The van der Waals surface area contributed by atoms with Gasteiger partial charge >= 0.3 is 0 Å². The third kappa shape index (κ3) is 2.94. The van der Waals surface area contributed by atoms with E-state index < -0.39 is 0 Å². The van der Waals surface area contributed by atoms with Crippen LogP contribution in [0.5, 0.6) is 5.75 Å². The Kier molecular flexibility index (Phi) is 3.55. The molecule has 0 heterocycles. The molecule has 0 spiro atoms. The summed E-state index contributed by atoms with van der Waals surface area (Å²) < 4.78 is 18.7. The van der Waals surface area contributed by atoms with Crippen molar-refractivity contribution in [3.05, 3.63) is 72.1 Å². The van der Waals surface area contributed by atoms with Gasteiger partial charge in [-0.1, -0.05) is 43.0 Å². The van der Waals surface area contributed by atoms with Crippen molar-refractivity contribution < 1.29 is 9.13 Å². The molecule has 2 rings (SSSR count). The Bertz CT molecular complexity index is 506. The number of rotatable bonds is 4. The van der Waals surface area contributed by atoms with Crippen LogP contribution in [0.3, 0.4) is 0 Å². The van der Waals surface area contributed by atoms with E-state index in [1.165, 1.54) is 12.1 Å². The maximum Gasteiger partial charge on any atom is 0.129 e. The monoisotopic (exact) mass is 228 g/mol. The second-order valence-electron chi connectivity index (χ2n) is 3.66. The lowest BCUT2D eigenvalue weighted by atomic mass is 10.2. The maximum atomic E-state index is 13.1. The molecular weight excluding hydrogens is 215 g/mol. The standard InChI is InChI=1S/C15H13FO/c1-2-13-8-9-14(16)10-15(13)17-11-12-6-4-3-5-7-12/h2-10H,1,11H2. The van der Waals surface area contributed by atoms with Gasteiger partial charge in [-0.15, -0.1) is 0 Å². The van der Waals surface area contributed by atoms with Crippen LogP contribution >= 0.6 is 0 Å². The third-order valence-corrected chi connectivity index (χ3v) is 2.43. The van der Waals surface area contributed by atoms with Crippen LogP contribution in [-0.2, 0) is 6.61 Å². The lowest BCUT2D eigenvalue weighted by molar-refractivity contribution is 0.304. The minimum absolute atomic E-state index is 0.307. The molecule has 0 bridgehead atoms. The molecule has 0 radical (unpaired) electrons. The Labute approximate surface area is 100 Å². The highest BCUT2D eigenvalue weighted by molar-refractivity contribution is 5.55. The van der Waals surface area contributed by atoms with E-state index >= 15 is 0 Å². The van der Waals surface area contributed by atoms with E-state index in [1.54, 1.807) is 12.1 Å². The summed E-state index contributed by atoms with van der Waals surface area (Å²) in [6.07, 6.45) is 1.65. The molecule has 0 atom stereocenters. The van der Waals surface area contributed by atoms with Crippen molar-refractivity contribution in [3.63, 3.8) is 0 Å². The summed E-state index contributed by atoms with van der Waals surface area (Å²) in [7, 11) is 0. The molecular formula is C15H13FO. The summed E-state index contributed by atoms with van der Waals surface area (Å²) >= 11 is 0. The quantitative estimate of drug-likeness (QED) is 0.767. The van der Waals surface area contributed by atoms with Crippen LogP contribution < -0.4 is 4.74 Å². The Morgan fingerprint density at radius 1 is 1.12 bits per heavy atom. The summed E-state index contributed by atoms with van der Waals surface area (Å²) in [5, 5.41) is 0. The SMILES string of the molecule is C=Cc1ccc(F)cc1OCc1ccccc1. The van der Waals surface area contributed by atoms with Crippen LogP contribution in [0.2, 0.25) is 0 Å². The fraction of sp³-hybridized carbons (Fsp3) is 0.0667. The first kappa shape index (κ1) is 11.4. The van der Waals surface area contributed by atoms with Gasteiger partial charge in [0.15, 0.2) is 0 Å². The highest BCUT2D eigenvalue weighted by Crippen LogP contribution is 2.22. The van der Waals surface area contributed by atoms with Gasteiger partial charge in [-0.25, -0.2) is 4.39 Å². The van der Waals surface area contributed by atoms with Crippen molar-refractivity contribution >= 4 is 6.08 Å². The van der Waals surface area contributed by atoms with Crippen molar-refractivity contribution in [2.75, 3.05) is 0 Å². The van der Waals surface area contributed by atoms with Crippen LogP contribution in [0.15, 0.2) is 55.1 Å². The zero-order chi connectivity index (χ0) is 12.1. The van der Waals surface area contributed by atoms with Crippen LogP contribution in [-0.4, -0.2) is 0 Å². The summed E-state index contributed by atoms with van der Waals surface area (Å²) in [5.74, 6) is 0.211. The summed E-state index contributed by atoms with van der Waals surface area (Å²) in [6, 6.07) is 14.2. The second-order valence-corrected chi connectivity index (χ2v) is 3.66. The number of benzene rings is 2. The van der Waals surface area contributed by atoms with Gasteiger partial charge in [0.25, 0.3) is 0 Å². The number of hydrogen-bond acceptors (Lipinski definition) is 1. The van der Waals surface area contributed by atoms with Gasteiger partial charge in [0.05, 0.1) is 0 Å². The molecule has 2 heteroatoms. The number of hydrogen-bond donors (Lipinski definition) is 0. The van der Waals surface area contributed by atoms with Gasteiger partial charge < -0.3 is 4.74 Å². The molecule has 1 nitrogen and oxygen atoms in total. The average Bonchev–Trinajstić information content (AvgIpc) is 2.38. The Hall–Kier alpha value is -2.09. The molecule has 0 saturated carbocycles. The van der Waals surface area contributed by atoms with Crippen molar-refractivity contribution in [1.29, 1.82) is 0 Å². The third-order valence-electron chi connectivity index (χ3n) is 2.43. The molecule has 0 aliphatic heterocycles. The normalized spacial score (nSPS) is 9.94. The van der Waals surface area contributed by atoms with Gasteiger partial charge in [0.2, 0.25) is 0 Å². The Morgan fingerprint density at radius 2 is 1.88 bits per heavy atom. The minimum Gasteiger partial charge on any atom is -0.488 e. The van der Waals surface area contributed by atoms with Gasteiger partial charge in [0, 0.05) is 11.6 Å². The van der Waals surface area contributed by atoms with Gasteiger partial charge in [0.1, 0.15) is 18.2 Å². The van der Waals surface area contributed by atoms with E-state index in [1.807, 2.05) is 30.3 Å². The number of ether oxygens (including phenoxy) is 1. The first-order valence-corrected chi connectivity index (χ1v) is 5.38. The maximum absolute atomic E-state index is 13.1. The molecule has 86 valence electrons. The van der Waals surface area contributed by atoms with Crippen molar-refractivity contribution in [1.82, 2.24) is 0 Å². The predicted octanol–water partition coefficient (Wildman–Crippen LogP) is 4.05. The molecule has 0 fully saturated rings. The zero-order valence-corrected chi connectivity index (χ0v) is 9.40. The van der Waals surface area contributed by atoms with Crippen molar-refractivity contribution in [2.24, 2.45) is 0 Å². The molecule has 0 aromatic heterocycles. The molecule has 0 unspecified atom stereocenters. The second kappa shape index (κ2) is 5.30. The molecule has 2 aromatic carbocycles. The number of halogens is 1. The first-order valence-electron chi connectivity index (χ1n) is 5.38. The van der Waals surface area contributed by atoms with E-state index in [9.17, 15) is 4.39 Å². The molecule has 2 aromatic rings. The predicted molar refractivity (Wildman–Crippen MR) is 67.3 cm³/mol. The molecule has 0 aliphatic rings. The fourth-order valence-electron chi connectivity index (χ4n) is 1.54. The largest absolute Gasteiger partial charge is 0.488 e. The summed E-state index contributed by atoms with van der Waals surface area (Å²) in [4.78, 5) is 0. The highest BCUT2D eigenvalue weighted by atomic mass is 19.1. The highest BCUT2D eigenvalue weighted by Gasteiger charge is 2.03. The minimum atomic E-state index is -0.307. The van der Waals surface area contributed by atoms with Crippen molar-refractivity contribution in [3.8, 4) is 5.75 Å². The van der Waals surface area contributed by atoms with E-state index in [4.69, 9.17) is 4.74 Å². The van der Waals surface area contributed by atoms with Gasteiger partial charge in [-0.05, 0) is 17.7 Å². The zero-order valence-electron chi connectivity index (χ0n) is 9.40. The lowest BCUT2D eigenvalue weighted by Crippen LogP contribution is -1.97. The van der Waals surface area contributed by atoms with Crippen LogP contribution in [0, 0.1) is 5.82 Å². The Morgan fingerprint density at radius 3 is 2.59 bits per heavy atom. The molecule has 0 N–H and O–H groups in total. The van der Waals surface area contributed by atoms with Crippen molar-refractivity contribution in [2.45, 2.75) is 6.61 Å². The first-order chi connectivity index (χ1) is 8.29. The topological polar surface area (TPSA) is 9.23 Å². The van der Waals surface area contributed by atoms with E-state index in [-0.39, 0.29) is 5.82 Å². The fourth-order valence-corrected chi connectivity index (χ4v) is 1.54. The van der Waals surface area contributed by atoms with Crippen LogP contribution in [0.4, 0.5) is 4.39 Å². The molecule has 0 saturated heterocycles. The van der Waals surface area contributed by atoms with Crippen LogP contribution in [0.1, 0.15) is 11.1 Å². The lowest BCUT2D eigenvalue weighted by Gasteiger charge is -2.09. The molecule has 17 heavy (non-hydrogen) atoms. The smallest absolute Gasteiger partial charge is 0.129 e. The van der Waals surface area contributed by atoms with Crippen LogP contribution in [0.25, 0.3) is 6.08 Å². The van der Waals surface area contributed by atoms with Gasteiger partial charge in [-0.2, -0.15) is 0 Å². The van der Waals surface area contributed by atoms with E-state index in [0.717, 1.165) is 11.1 Å². The van der Waals surface area contributed by atoms with E-state index in [2.05, 4.69) is 6.58 Å². The molecule has 0 aliphatic carbocycles. The van der Waals surface area contributed by atoms with E-state index in [0.29, 0.717) is 12.4 Å². The summed E-state index contributed by atoms with van der Waals surface area (Å²) in [6.45, 7) is 4.10.